The molecule has 7 nitrogen and oxygen atoms in total. The van der Waals surface area contributed by atoms with Crippen LogP contribution in [0.3, 0.4) is 0 Å². The summed E-state index contributed by atoms with van der Waals surface area (Å²) in [6.45, 7) is 1.16. The van der Waals surface area contributed by atoms with E-state index in [1.54, 1.807) is 0 Å². The van der Waals surface area contributed by atoms with Crippen LogP contribution in [0.5, 0.6) is 11.5 Å². The molecule has 3 rings (SSSR count). The molecule has 1 saturated heterocycles. The normalized spacial score (nSPS) is 16.2. The Morgan fingerprint density at radius 3 is 2.76 bits per heavy atom. The van der Waals surface area contributed by atoms with E-state index in [1.807, 2.05) is 0 Å². The number of aromatic hydroxyl groups is 1. The second-order valence-electron chi connectivity index (χ2n) is 5.35. The van der Waals surface area contributed by atoms with E-state index in [2.05, 4.69) is 0 Å². The zero-order chi connectivity index (χ0) is 18.4. The van der Waals surface area contributed by atoms with Crippen molar-refractivity contribution in [3.05, 3.63) is 29.0 Å². The molecule has 0 amide bonds. The Morgan fingerprint density at radius 2 is 2.16 bits per heavy atom. The van der Waals surface area contributed by atoms with Crippen molar-refractivity contribution < 1.29 is 31.9 Å². The summed E-state index contributed by atoms with van der Waals surface area (Å²) in [6.07, 6.45) is 0.337. The van der Waals surface area contributed by atoms with Gasteiger partial charge in [0.1, 0.15) is 0 Å². The van der Waals surface area contributed by atoms with Gasteiger partial charge in [0.2, 0.25) is 21.5 Å². The van der Waals surface area contributed by atoms with Gasteiger partial charge in [-0.15, -0.1) is 0 Å². The van der Waals surface area contributed by atoms with E-state index in [1.165, 1.54) is 18.2 Å². The van der Waals surface area contributed by atoms with Crippen molar-refractivity contribution in [3.63, 3.8) is 0 Å². The Morgan fingerprint density at radius 1 is 1.44 bits per heavy atom. The molecule has 1 aliphatic heterocycles. The molecule has 1 aromatic carbocycles. The highest BCUT2D eigenvalue weighted by Crippen LogP contribution is 2.50. The van der Waals surface area contributed by atoms with Crippen molar-refractivity contribution in [2.45, 2.75) is 13.3 Å². The lowest BCUT2D eigenvalue weighted by Crippen LogP contribution is -2.25. The van der Waals surface area contributed by atoms with Crippen LogP contribution >= 0.6 is 11.6 Å². The largest absolute Gasteiger partial charge is 0.502 e. The van der Waals surface area contributed by atoms with Gasteiger partial charge in [-0.2, -0.15) is 0 Å². The van der Waals surface area contributed by atoms with Crippen LogP contribution in [0, 0.1) is 5.82 Å². The number of halogens is 2. The average Bonchev–Trinajstić information content (AvgIpc) is 3.02. The van der Waals surface area contributed by atoms with Crippen molar-refractivity contribution in [1.29, 1.82) is 0 Å². The van der Waals surface area contributed by atoms with Crippen molar-refractivity contribution in [3.8, 4) is 22.8 Å². The van der Waals surface area contributed by atoms with Crippen LogP contribution in [0.15, 0.2) is 22.6 Å². The van der Waals surface area contributed by atoms with Gasteiger partial charge in [-0.3, -0.25) is 4.79 Å². The molecule has 2 heterocycles. The summed E-state index contributed by atoms with van der Waals surface area (Å²) in [6, 6.07) is 4.03. The molecule has 0 aliphatic carbocycles. The molecule has 0 saturated carbocycles. The third-order valence-electron chi connectivity index (χ3n) is 3.59. The fourth-order valence-electron chi connectivity index (χ4n) is 2.53. The molecule has 1 fully saturated rings. The fraction of sp³-hybridized carbons (Fsp3) is 0.267. The van der Waals surface area contributed by atoms with Crippen molar-refractivity contribution in [2.75, 3.05) is 16.6 Å². The Labute approximate surface area is 147 Å². The number of hydrogen-bond donors (Lipinski definition) is 1. The number of sulfonamides is 1. The van der Waals surface area contributed by atoms with E-state index >= 15 is 0 Å². The molecule has 0 spiro atoms. The monoisotopic (exact) mass is 389 g/mol. The quantitative estimate of drug-likeness (QED) is 0.811. The summed E-state index contributed by atoms with van der Waals surface area (Å²) in [5.74, 6) is -3.70. The number of nitrogens with zero attached hydrogens (tertiary/aromatic N) is 1. The van der Waals surface area contributed by atoms with Gasteiger partial charge in [0, 0.05) is 13.5 Å². The van der Waals surface area contributed by atoms with Crippen molar-refractivity contribution in [1.82, 2.24) is 0 Å². The van der Waals surface area contributed by atoms with Gasteiger partial charge in [-0.05, 0) is 18.6 Å². The number of furan rings is 1. The Bertz CT molecular complexity index is 955. The molecule has 0 radical (unpaired) electrons. The molecule has 1 aromatic heterocycles. The van der Waals surface area contributed by atoms with Crippen LogP contribution in [-0.2, 0) is 14.8 Å². The topological polar surface area (TPSA) is 97.0 Å². The standard InChI is InChI=1S/C15H13ClFNO6S/c1-8(19)23-14-12(20)13(9-4-2-5-10(16)11(9)17)24-15(14)18-6-3-7-25(18,21)22/h2,4-5,20H,3,6-7H2,1H3. The molecule has 2 aromatic rings. The zero-order valence-corrected chi connectivity index (χ0v) is 14.5. The van der Waals surface area contributed by atoms with Gasteiger partial charge in [0.15, 0.2) is 11.6 Å². The molecule has 1 N–H and O–H groups in total. The summed E-state index contributed by atoms with van der Waals surface area (Å²) in [4.78, 5) is 11.3. The highest BCUT2D eigenvalue weighted by molar-refractivity contribution is 7.93. The lowest BCUT2D eigenvalue weighted by molar-refractivity contribution is -0.132. The lowest BCUT2D eigenvalue weighted by Gasteiger charge is -2.14. The lowest BCUT2D eigenvalue weighted by atomic mass is 10.1. The Balaban J connectivity index is 2.22. The SMILES string of the molecule is CC(=O)Oc1c(N2CCCS2(=O)=O)oc(-c2cccc(Cl)c2F)c1O. The van der Waals surface area contributed by atoms with Crippen LogP contribution in [0.25, 0.3) is 11.3 Å². The molecule has 1 aliphatic rings. The van der Waals surface area contributed by atoms with E-state index in [9.17, 15) is 22.7 Å². The van der Waals surface area contributed by atoms with Gasteiger partial charge in [-0.25, -0.2) is 17.1 Å². The summed E-state index contributed by atoms with van der Waals surface area (Å²) in [7, 11) is -3.68. The molecular weight excluding hydrogens is 377 g/mol. The summed E-state index contributed by atoms with van der Waals surface area (Å²) >= 11 is 5.73. The molecule has 25 heavy (non-hydrogen) atoms. The van der Waals surface area contributed by atoms with E-state index < -0.39 is 33.3 Å². The summed E-state index contributed by atoms with van der Waals surface area (Å²) < 4.78 is 49.7. The molecule has 0 unspecified atom stereocenters. The van der Waals surface area contributed by atoms with Crippen molar-refractivity contribution in [2.24, 2.45) is 0 Å². The van der Waals surface area contributed by atoms with Crippen LogP contribution in [-0.4, -0.2) is 31.8 Å². The van der Waals surface area contributed by atoms with E-state index in [4.69, 9.17) is 20.8 Å². The molecule has 134 valence electrons. The van der Waals surface area contributed by atoms with E-state index in [0.717, 1.165) is 11.2 Å². The summed E-state index contributed by atoms with van der Waals surface area (Å²) in [5.41, 5.74) is -0.193. The minimum atomic E-state index is -3.68. The van der Waals surface area contributed by atoms with Crippen molar-refractivity contribution >= 4 is 33.5 Å². The predicted molar refractivity (Wildman–Crippen MR) is 87.8 cm³/mol. The van der Waals surface area contributed by atoms with Gasteiger partial charge in [0.25, 0.3) is 5.88 Å². The van der Waals surface area contributed by atoms with E-state index in [0.29, 0.717) is 6.42 Å². The Hall–Kier alpha value is -2.26. The smallest absolute Gasteiger partial charge is 0.308 e. The van der Waals surface area contributed by atoms with Crippen LogP contribution in [0.1, 0.15) is 13.3 Å². The maximum absolute atomic E-state index is 14.3. The molecule has 0 bridgehead atoms. The maximum Gasteiger partial charge on any atom is 0.308 e. The maximum atomic E-state index is 14.3. The minimum Gasteiger partial charge on any atom is -0.502 e. The number of ether oxygens (including phenoxy) is 1. The fourth-order valence-corrected chi connectivity index (χ4v) is 4.19. The number of hydrogen-bond acceptors (Lipinski definition) is 6. The molecular formula is C15H13ClFNO6S. The highest BCUT2D eigenvalue weighted by atomic mass is 35.5. The number of carbonyl (C=O) groups excluding carboxylic acids is 1. The molecule has 0 atom stereocenters. The van der Waals surface area contributed by atoms with Crippen LogP contribution in [0.2, 0.25) is 5.02 Å². The number of anilines is 1. The first-order chi connectivity index (χ1) is 11.7. The van der Waals surface area contributed by atoms with Gasteiger partial charge in [0.05, 0.1) is 16.3 Å². The third kappa shape index (κ3) is 3.05. The Kier molecular flexibility index (Phi) is 4.38. The first-order valence-electron chi connectivity index (χ1n) is 7.21. The number of benzene rings is 1. The zero-order valence-electron chi connectivity index (χ0n) is 13.0. The van der Waals surface area contributed by atoms with Crippen LogP contribution < -0.4 is 9.04 Å². The average molecular weight is 390 g/mol. The van der Waals surface area contributed by atoms with Gasteiger partial charge >= 0.3 is 5.97 Å². The van der Waals surface area contributed by atoms with Crippen LogP contribution in [0.4, 0.5) is 10.3 Å². The highest BCUT2D eigenvalue weighted by Gasteiger charge is 2.37. The summed E-state index contributed by atoms with van der Waals surface area (Å²) in [5, 5.41) is 10.1. The second-order valence-corrected chi connectivity index (χ2v) is 7.77. The third-order valence-corrected chi connectivity index (χ3v) is 5.71. The van der Waals surface area contributed by atoms with E-state index in [-0.39, 0.29) is 34.5 Å². The number of carbonyl (C=O) groups is 1. The second kappa shape index (κ2) is 6.23. The number of rotatable bonds is 3. The first kappa shape index (κ1) is 17.6. The van der Waals surface area contributed by atoms with Gasteiger partial charge in [-0.1, -0.05) is 17.7 Å². The predicted octanol–water partition coefficient (Wildman–Crippen LogP) is 2.91. The first-order valence-corrected chi connectivity index (χ1v) is 9.20. The minimum absolute atomic E-state index is 0.0843. The van der Waals surface area contributed by atoms with Gasteiger partial charge < -0.3 is 14.3 Å². The number of esters is 1. The molecule has 10 heteroatoms.